The quantitative estimate of drug-likeness (QED) is 0.439. The molecule has 0 saturated carbocycles. The van der Waals surface area contributed by atoms with Crippen molar-refractivity contribution in [2.24, 2.45) is 0 Å². The number of alkyl carbamates (subject to hydrolysis) is 1. The van der Waals surface area contributed by atoms with E-state index in [9.17, 15) is 14.4 Å². The number of anilines is 1. The number of carbonyl (C=O) groups excluding carboxylic acids is 2. The third kappa shape index (κ3) is 4.93. The van der Waals surface area contributed by atoms with Gasteiger partial charge in [-0.05, 0) is 52.9 Å². The van der Waals surface area contributed by atoms with Crippen molar-refractivity contribution in [3.63, 3.8) is 0 Å². The first-order chi connectivity index (χ1) is 16.5. The maximum Gasteiger partial charge on any atom is 0.407 e. The van der Waals surface area contributed by atoms with Gasteiger partial charge in [-0.25, -0.2) is 9.59 Å². The number of aromatic carboxylic acids is 1. The van der Waals surface area contributed by atoms with Crippen molar-refractivity contribution in [2.75, 3.05) is 11.9 Å². The van der Waals surface area contributed by atoms with Crippen LogP contribution in [0.2, 0.25) is 0 Å². The summed E-state index contributed by atoms with van der Waals surface area (Å²) in [5.74, 6) is -1.50. The summed E-state index contributed by atoms with van der Waals surface area (Å²) in [6, 6.07) is 21.2. The average Bonchev–Trinajstić information content (AvgIpc) is 3.16. The molecule has 0 saturated heterocycles. The third-order valence-electron chi connectivity index (χ3n) is 5.93. The van der Waals surface area contributed by atoms with E-state index in [4.69, 9.17) is 9.84 Å². The Labute approximate surface area is 197 Å². The van der Waals surface area contributed by atoms with Crippen molar-refractivity contribution >= 4 is 23.7 Å². The van der Waals surface area contributed by atoms with Crippen molar-refractivity contribution < 1.29 is 24.2 Å². The van der Waals surface area contributed by atoms with Gasteiger partial charge in [-0.1, -0.05) is 61.9 Å². The normalized spacial score (nSPS) is 12.9. The zero-order valence-corrected chi connectivity index (χ0v) is 18.8. The lowest BCUT2D eigenvalue weighted by atomic mass is 9.98. The van der Waals surface area contributed by atoms with Gasteiger partial charge >= 0.3 is 12.1 Å². The van der Waals surface area contributed by atoms with Crippen LogP contribution in [0, 0.1) is 0 Å². The van der Waals surface area contributed by atoms with Crippen LogP contribution in [0.5, 0.6) is 0 Å². The number of carboxylic acids is 1. The Kier molecular flexibility index (Phi) is 6.92. The first-order valence-electron chi connectivity index (χ1n) is 11.2. The van der Waals surface area contributed by atoms with E-state index in [1.807, 2.05) is 43.3 Å². The van der Waals surface area contributed by atoms with E-state index in [0.717, 1.165) is 22.3 Å². The molecule has 174 valence electrons. The third-order valence-corrected chi connectivity index (χ3v) is 5.93. The van der Waals surface area contributed by atoms with Crippen LogP contribution < -0.4 is 10.6 Å². The fourth-order valence-electron chi connectivity index (χ4n) is 4.27. The lowest BCUT2D eigenvalue weighted by molar-refractivity contribution is -0.118. The number of benzene rings is 3. The van der Waals surface area contributed by atoms with E-state index in [1.54, 1.807) is 0 Å². The van der Waals surface area contributed by atoms with Crippen molar-refractivity contribution in [1.29, 1.82) is 0 Å². The second-order valence-electron chi connectivity index (χ2n) is 8.18. The minimum absolute atomic E-state index is 0.0654. The Balaban J connectivity index is 1.39. The van der Waals surface area contributed by atoms with Gasteiger partial charge in [0.1, 0.15) is 12.6 Å². The topological polar surface area (TPSA) is 105 Å². The summed E-state index contributed by atoms with van der Waals surface area (Å²) < 4.78 is 5.56. The molecule has 0 heterocycles. The van der Waals surface area contributed by atoms with Gasteiger partial charge in [0.2, 0.25) is 5.91 Å². The monoisotopic (exact) mass is 458 g/mol. The summed E-state index contributed by atoms with van der Waals surface area (Å²) in [5, 5.41) is 14.4. The fraction of sp³-hybridized carbons (Fsp3) is 0.222. The van der Waals surface area contributed by atoms with E-state index in [0.29, 0.717) is 18.5 Å². The van der Waals surface area contributed by atoms with E-state index < -0.39 is 24.0 Å². The van der Waals surface area contributed by atoms with Gasteiger partial charge in [0, 0.05) is 11.6 Å². The van der Waals surface area contributed by atoms with Crippen LogP contribution in [0.15, 0.2) is 72.8 Å². The largest absolute Gasteiger partial charge is 0.478 e. The number of hydrogen-bond acceptors (Lipinski definition) is 4. The van der Waals surface area contributed by atoms with Crippen molar-refractivity contribution in [2.45, 2.75) is 31.7 Å². The first kappa shape index (κ1) is 23.0. The van der Waals surface area contributed by atoms with E-state index in [-0.39, 0.29) is 18.1 Å². The Morgan fingerprint density at radius 3 is 2.06 bits per heavy atom. The lowest BCUT2D eigenvalue weighted by Gasteiger charge is -2.19. The molecule has 3 aromatic carbocycles. The summed E-state index contributed by atoms with van der Waals surface area (Å²) in [7, 11) is 0. The predicted molar refractivity (Wildman–Crippen MR) is 129 cm³/mol. The van der Waals surface area contributed by atoms with Crippen LogP contribution in [0.1, 0.15) is 47.2 Å². The van der Waals surface area contributed by atoms with E-state index >= 15 is 0 Å². The van der Waals surface area contributed by atoms with Crippen molar-refractivity contribution in [3.8, 4) is 11.1 Å². The van der Waals surface area contributed by atoms with Crippen LogP contribution >= 0.6 is 0 Å². The average molecular weight is 459 g/mol. The fourth-order valence-corrected chi connectivity index (χ4v) is 4.27. The number of hydrogen-bond donors (Lipinski definition) is 3. The Hall–Kier alpha value is -4.13. The van der Waals surface area contributed by atoms with Gasteiger partial charge in [0.05, 0.1) is 5.56 Å². The van der Waals surface area contributed by atoms with Crippen LogP contribution in [0.3, 0.4) is 0 Å². The highest BCUT2D eigenvalue weighted by Crippen LogP contribution is 2.44. The molecule has 2 amide bonds. The maximum absolute atomic E-state index is 12.7. The summed E-state index contributed by atoms with van der Waals surface area (Å²) >= 11 is 0. The minimum Gasteiger partial charge on any atom is -0.478 e. The second-order valence-corrected chi connectivity index (χ2v) is 8.18. The standard InChI is InChI=1S/C27H26N2O5/c1-2-7-24(25(30)28-18-14-12-17(13-15-18)26(31)32)29-27(33)34-16-23-21-10-5-3-8-19(21)20-9-4-6-11-22(20)23/h3-6,8-15,23-24H,2,7,16H2,1H3,(H,28,30)(H,29,33)(H,31,32)/t24-/m0/s1. The Morgan fingerprint density at radius 2 is 1.50 bits per heavy atom. The van der Waals surface area contributed by atoms with Gasteiger partial charge in [0.15, 0.2) is 0 Å². The molecule has 0 aliphatic heterocycles. The van der Waals surface area contributed by atoms with Crippen LogP contribution in [-0.2, 0) is 9.53 Å². The van der Waals surface area contributed by atoms with Gasteiger partial charge < -0.3 is 20.5 Å². The zero-order valence-electron chi connectivity index (χ0n) is 18.8. The summed E-state index contributed by atoms with van der Waals surface area (Å²) in [5.41, 5.74) is 5.09. The van der Waals surface area contributed by atoms with Gasteiger partial charge in [-0.3, -0.25) is 4.79 Å². The van der Waals surface area contributed by atoms with E-state index in [2.05, 4.69) is 22.8 Å². The molecule has 7 heteroatoms. The molecule has 3 aromatic rings. The number of nitrogens with one attached hydrogen (secondary N) is 2. The lowest BCUT2D eigenvalue weighted by Crippen LogP contribution is -2.44. The summed E-state index contributed by atoms with van der Waals surface area (Å²) in [6.07, 6.45) is 0.458. The molecule has 1 atom stereocenters. The molecule has 7 nitrogen and oxygen atoms in total. The molecule has 0 radical (unpaired) electrons. The number of amides is 2. The highest BCUT2D eigenvalue weighted by Gasteiger charge is 2.29. The minimum atomic E-state index is -1.04. The molecule has 0 spiro atoms. The Bertz CT molecular complexity index is 1160. The van der Waals surface area contributed by atoms with Crippen LogP contribution in [-0.4, -0.2) is 35.7 Å². The summed E-state index contributed by atoms with van der Waals surface area (Å²) in [6.45, 7) is 2.08. The number of carbonyl (C=O) groups is 3. The van der Waals surface area contributed by atoms with Crippen LogP contribution in [0.4, 0.5) is 10.5 Å². The molecule has 0 bridgehead atoms. The Morgan fingerprint density at radius 1 is 0.912 bits per heavy atom. The molecular weight excluding hydrogens is 432 g/mol. The first-order valence-corrected chi connectivity index (χ1v) is 11.2. The number of fused-ring (bicyclic) bond motifs is 3. The molecule has 3 N–H and O–H groups in total. The molecular formula is C27H26N2O5. The predicted octanol–water partition coefficient (Wildman–Crippen LogP) is 5.03. The SMILES string of the molecule is CCC[C@H](NC(=O)OCC1c2ccccc2-c2ccccc21)C(=O)Nc1ccc(C(=O)O)cc1. The molecule has 0 aromatic heterocycles. The molecule has 0 fully saturated rings. The molecule has 1 aliphatic rings. The second kappa shape index (κ2) is 10.2. The zero-order chi connectivity index (χ0) is 24.1. The highest BCUT2D eigenvalue weighted by atomic mass is 16.5. The molecule has 34 heavy (non-hydrogen) atoms. The summed E-state index contributed by atoms with van der Waals surface area (Å²) in [4.78, 5) is 36.3. The highest BCUT2D eigenvalue weighted by molar-refractivity contribution is 5.97. The van der Waals surface area contributed by atoms with Crippen molar-refractivity contribution in [3.05, 3.63) is 89.5 Å². The van der Waals surface area contributed by atoms with Gasteiger partial charge in [0.25, 0.3) is 0 Å². The van der Waals surface area contributed by atoms with Crippen molar-refractivity contribution in [1.82, 2.24) is 5.32 Å². The van der Waals surface area contributed by atoms with E-state index in [1.165, 1.54) is 24.3 Å². The smallest absolute Gasteiger partial charge is 0.407 e. The molecule has 0 unspecified atom stereocenters. The van der Waals surface area contributed by atoms with Gasteiger partial charge in [-0.2, -0.15) is 0 Å². The molecule has 4 rings (SSSR count). The number of carboxylic acid groups (broad SMARTS) is 1. The number of rotatable bonds is 8. The maximum atomic E-state index is 12.7. The molecule has 1 aliphatic carbocycles. The van der Waals surface area contributed by atoms with Gasteiger partial charge in [-0.15, -0.1) is 0 Å². The van der Waals surface area contributed by atoms with Crippen LogP contribution in [0.25, 0.3) is 11.1 Å². The number of ether oxygens (including phenoxy) is 1.